The van der Waals surface area contributed by atoms with Gasteiger partial charge in [-0.15, -0.1) is 0 Å². The van der Waals surface area contributed by atoms with Gasteiger partial charge in [0.05, 0.1) is 0 Å². The molecule has 0 unspecified atom stereocenters. The van der Waals surface area contributed by atoms with Crippen molar-refractivity contribution in [2.45, 2.75) is 79.1 Å². The molecule has 2 nitrogen and oxygen atoms in total. The van der Waals surface area contributed by atoms with Crippen molar-refractivity contribution in [2.24, 2.45) is 11.8 Å². The Morgan fingerprint density at radius 3 is 2.13 bits per heavy atom. The van der Waals surface area contributed by atoms with Crippen LogP contribution in [0.4, 0.5) is 11.4 Å². The molecule has 5 rings (SSSR count). The molecule has 4 aromatic carbocycles. The molecule has 0 saturated heterocycles. The van der Waals surface area contributed by atoms with Gasteiger partial charge in [0.1, 0.15) is 0 Å². The smallest absolute Gasteiger partial charge is 0.0457 e. The molecule has 0 radical (unpaired) electrons. The summed E-state index contributed by atoms with van der Waals surface area (Å²) in [4.78, 5) is 2.56. The lowest BCUT2D eigenvalue weighted by atomic mass is 9.75. The Labute approximate surface area is 278 Å². The van der Waals surface area contributed by atoms with Gasteiger partial charge in [-0.3, -0.25) is 0 Å². The Morgan fingerprint density at radius 1 is 0.804 bits per heavy atom. The van der Waals surface area contributed by atoms with Crippen LogP contribution in [0.15, 0.2) is 121 Å². The number of benzene rings is 4. The monoisotopic (exact) mass is 610 g/mol. The lowest BCUT2D eigenvalue weighted by Gasteiger charge is -2.31. The molecule has 1 aliphatic heterocycles. The topological polar surface area (TPSA) is 15.3 Å². The first-order valence-corrected chi connectivity index (χ1v) is 17.2. The Kier molecular flexibility index (Phi) is 9.96. The van der Waals surface area contributed by atoms with E-state index in [1.807, 2.05) is 0 Å². The standard InChI is InChI=1S/C44H54N2/c1-31(2)27-29-45-38-25-23-34-18-13-15-20-36(34)41(38)43(6,7)33(5)17-11-10-12-22-40-44(8,9)42-37-21-16-14-19-35(37)24-26-39(42)46(40)30-28-32(3)4/h10-26,31-32,45H,5,27-30H2,1-4,6-9H3/b12-10+,17-11+,40-22+. The van der Waals surface area contributed by atoms with Crippen molar-refractivity contribution < 1.29 is 0 Å². The maximum atomic E-state index is 4.59. The van der Waals surface area contributed by atoms with Gasteiger partial charge in [0.2, 0.25) is 0 Å². The molecule has 1 N–H and O–H groups in total. The number of hydrogen-bond donors (Lipinski definition) is 1. The molecule has 0 bridgehead atoms. The largest absolute Gasteiger partial charge is 0.385 e. The SMILES string of the molecule is C=C(/C=C/C=C/C=C1/N(CCC(C)C)c2ccc3ccccc3c2C1(C)C)C(C)(C)c1c(NCCC(C)C)ccc2ccccc12. The maximum Gasteiger partial charge on any atom is 0.0457 e. The summed E-state index contributed by atoms with van der Waals surface area (Å²) < 4.78 is 0. The lowest BCUT2D eigenvalue weighted by Crippen LogP contribution is -2.27. The first-order chi connectivity index (χ1) is 21.9. The molecule has 0 amide bonds. The van der Waals surface area contributed by atoms with E-state index in [1.165, 1.54) is 49.7 Å². The molecule has 2 heteroatoms. The van der Waals surface area contributed by atoms with Gasteiger partial charge in [-0.05, 0) is 81.1 Å². The first-order valence-electron chi connectivity index (χ1n) is 17.2. The zero-order chi connectivity index (χ0) is 33.1. The van der Waals surface area contributed by atoms with Gasteiger partial charge in [0.25, 0.3) is 0 Å². The highest BCUT2D eigenvalue weighted by atomic mass is 15.2. The molecule has 0 saturated carbocycles. The number of anilines is 2. The molecular formula is C44H54N2. The number of nitrogens with one attached hydrogen (secondary N) is 1. The fourth-order valence-corrected chi connectivity index (χ4v) is 7.00. The van der Waals surface area contributed by atoms with Crippen LogP contribution in [0.5, 0.6) is 0 Å². The summed E-state index contributed by atoms with van der Waals surface area (Å²) in [5, 5.41) is 8.98. The molecule has 0 fully saturated rings. The van der Waals surface area contributed by atoms with Crippen molar-refractivity contribution in [1.82, 2.24) is 0 Å². The summed E-state index contributed by atoms with van der Waals surface area (Å²) in [7, 11) is 0. The van der Waals surface area contributed by atoms with Gasteiger partial charge < -0.3 is 10.2 Å². The molecular weight excluding hydrogens is 556 g/mol. The minimum Gasteiger partial charge on any atom is -0.385 e. The van der Waals surface area contributed by atoms with Gasteiger partial charge in [0, 0.05) is 41.0 Å². The van der Waals surface area contributed by atoms with Crippen molar-refractivity contribution in [3.63, 3.8) is 0 Å². The van der Waals surface area contributed by atoms with E-state index in [-0.39, 0.29) is 10.8 Å². The van der Waals surface area contributed by atoms with Gasteiger partial charge >= 0.3 is 0 Å². The van der Waals surface area contributed by atoms with E-state index in [2.05, 4.69) is 175 Å². The number of fused-ring (bicyclic) bond motifs is 4. The lowest BCUT2D eigenvalue weighted by molar-refractivity contribution is 0.570. The second-order valence-corrected chi connectivity index (χ2v) is 14.9. The maximum absolute atomic E-state index is 4.59. The van der Waals surface area contributed by atoms with Crippen LogP contribution in [0.25, 0.3) is 21.5 Å². The molecule has 46 heavy (non-hydrogen) atoms. The fourth-order valence-electron chi connectivity index (χ4n) is 7.00. The van der Waals surface area contributed by atoms with E-state index in [1.54, 1.807) is 0 Å². The van der Waals surface area contributed by atoms with Crippen LogP contribution in [0.3, 0.4) is 0 Å². The highest BCUT2D eigenvalue weighted by Crippen LogP contribution is 2.51. The molecule has 0 aromatic heterocycles. The number of allylic oxidation sites excluding steroid dienone is 7. The van der Waals surface area contributed by atoms with E-state index in [9.17, 15) is 0 Å². The third-order valence-electron chi connectivity index (χ3n) is 9.85. The van der Waals surface area contributed by atoms with Crippen molar-refractivity contribution in [2.75, 3.05) is 23.3 Å². The molecule has 0 atom stereocenters. The van der Waals surface area contributed by atoms with Gasteiger partial charge in [0.15, 0.2) is 0 Å². The van der Waals surface area contributed by atoms with E-state index in [4.69, 9.17) is 0 Å². The molecule has 1 aliphatic rings. The summed E-state index contributed by atoms with van der Waals surface area (Å²) in [5.74, 6) is 1.31. The third-order valence-corrected chi connectivity index (χ3v) is 9.85. The van der Waals surface area contributed by atoms with Crippen LogP contribution in [0.2, 0.25) is 0 Å². The van der Waals surface area contributed by atoms with Gasteiger partial charge in [-0.2, -0.15) is 0 Å². The van der Waals surface area contributed by atoms with Crippen LogP contribution >= 0.6 is 0 Å². The van der Waals surface area contributed by atoms with Crippen molar-refractivity contribution in [1.29, 1.82) is 0 Å². The summed E-state index contributed by atoms with van der Waals surface area (Å²) >= 11 is 0. The molecule has 0 spiro atoms. The number of nitrogens with zero attached hydrogens (tertiary/aromatic N) is 1. The number of hydrogen-bond acceptors (Lipinski definition) is 2. The zero-order valence-electron chi connectivity index (χ0n) is 29.5. The summed E-state index contributed by atoms with van der Waals surface area (Å²) in [6.45, 7) is 25.1. The fraction of sp³-hybridized carbons (Fsp3) is 0.364. The normalized spacial score (nSPS) is 15.8. The predicted octanol–water partition coefficient (Wildman–Crippen LogP) is 12.1. The first kappa shape index (κ1) is 33.3. The van der Waals surface area contributed by atoms with Gasteiger partial charge in [-0.25, -0.2) is 0 Å². The predicted molar refractivity (Wildman–Crippen MR) is 204 cm³/mol. The molecule has 0 aliphatic carbocycles. The minimum atomic E-state index is -0.256. The van der Waals surface area contributed by atoms with E-state index >= 15 is 0 Å². The molecule has 240 valence electrons. The van der Waals surface area contributed by atoms with E-state index < -0.39 is 0 Å². The third kappa shape index (κ3) is 6.73. The Bertz CT molecular complexity index is 1790. The minimum absolute atomic E-state index is 0.0971. The quantitative estimate of drug-likeness (QED) is 0.161. The van der Waals surface area contributed by atoms with Crippen molar-refractivity contribution in [3.8, 4) is 0 Å². The Morgan fingerprint density at radius 2 is 1.43 bits per heavy atom. The van der Waals surface area contributed by atoms with E-state index in [0.29, 0.717) is 11.8 Å². The number of rotatable bonds is 12. The molecule has 1 heterocycles. The Balaban J connectivity index is 1.42. The zero-order valence-corrected chi connectivity index (χ0v) is 29.5. The van der Waals surface area contributed by atoms with Crippen molar-refractivity contribution in [3.05, 3.63) is 132 Å². The van der Waals surface area contributed by atoms with Crippen molar-refractivity contribution >= 4 is 32.9 Å². The second-order valence-electron chi connectivity index (χ2n) is 14.9. The highest BCUT2D eigenvalue weighted by molar-refractivity contribution is 5.95. The summed E-state index contributed by atoms with van der Waals surface area (Å²) in [6.07, 6.45) is 13.3. The van der Waals surface area contributed by atoms with Gasteiger partial charge in [-0.1, -0.05) is 147 Å². The summed E-state index contributed by atoms with van der Waals surface area (Å²) in [5.41, 5.74) is 7.40. The van der Waals surface area contributed by atoms with Crippen LogP contribution < -0.4 is 10.2 Å². The Hall–Kier alpha value is -4.04. The average molecular weight is 611 g/mol. The highest BCUT2D eigenvalue weighted by Gasteiger charge is 2.40. The second kappa shape index (κ2) is 13.8. The van der Waals surface area contributed by atoms with Crippen LogP contribution in [0, 0.1) is 11.8 Å². The van der Waals surface area contributed by atoms with Crippen LogP contribution in [0.1, 0.15) is 79.4 Å². The average Bonchev–Trinajstić information content (AvgIpc) is 3.24. The van der Waals surface area contributed by atoms with Crippen LogP contribution in [-0.2, 0) is 10.8 Å². The van der Waals surface area contributed by atoms with E-state index in [0.717, 1.165) is 31.5 Å². The molecule has 4 aromatic rings. The summed E-state index contributed by atoms with van der Waals surface area (Å²) in [6, 6.07) is 26.6. The van der Waals surface area contributed by atoms with Crippen LogP contribution in [-0.4, -0.2) is 13.1 Å².